The van der Waals surface area contributed by atoms with E-state index in [2.05, 4.69) is 11.0 Å². The zero-order chi connectivity index (χ0) is 20.1. The zero-order valence-corrected chi connectivity index (χ0v) is 16.6. The highest BCUT2D eigenvalue weighted by molar-refractivity contribution is 5.81. The largest absolute Gasteiger partial charge is 0.383 e. The molecule has 1 aliphatic heterocycles. The number of rotatable bonds is 6. The van der Waals surface area contributed by atoms with Gasteiger partial charge in [0.05, 0.1) is 0 Å². The van der Waals surface area contributed by atoms with E-state index < -0.39 is 12.8 Å². The highest BCUT2D eigenvalue weighted by Crippen LogP contribution is 2.28. The van der Waals surface area contributed by atoms with Crippen LogP contribution in [0.3, 0.4) is 0 Å². The van der Waals surface area contributed by atoms with E-state index in [1.165, 1.54) is 0 Å². The Morgan fingerprint density at radius 2 is 1.79 bits per heavy atom. The summed E-state index contributed by atoms with van der Waals surface area (Å²) in [6.07, 6.45) is -0.415. The number of hydrogen-bond acceptors (Lipinski definition) is 3. The fourth-order valence-corrected chi connectivity index (χ4v) is 3.73. The summed E-state index contributed by atoms with van der Waals surface area (Å²) in [7, 11) is 0. The van der Waals surface area contributed by atoms with E-state index >= 15 is 0 Å². The second-order valence-electron chi connectivity index (χ2n) is 7.80. The number of carbonyl (C=O) groups excluding carboxylic acids is 1. The molecule has 150 valence electrons. The highest BCUT2D eigenvalue weighted by Gasteiger charge is 2.26. The van der Waals surface area contributed by atoms with Crippen LogP contribution in [0.25, 0.3) is 11.1 Å². The quantitative estimate of drug-likeness (QED) is 0.822. The number of halogens is 1. The predicted octanol–water partition coefficient (Wildman–Crippen LogP) is 3.88. The number of amides is 1. The molecule has 5 heteroatoms. The lowest BCUT2D eigenvalue weighted by molar-refractivity contribution is -0.141. The number of piperazine rings is 1. The van der Waals surface area contributed by atoms with Crippen LogP contribution in [0.15, 0.2) is 48.5 Å². The first-order valence-corrected chi connectivity index (χ1v) is 9.95. The lowest BCUT2D eigenvalue weighted by Gasteiger charge is -2.37. The van der Waals surface area contributed by atoms with Crippen molar-refractivity contribution < 1.29 is 14.3 Å². The molecule has 1 saturated heterocycles. The molecule has 2 aromatic carbocycles. The molecule has 1 heterocycles. The van der Waals surface area contributed by atoms with Crippen molar-refractivity contribution in [1.82, 2.24) is 4.90 Å². The van der Waals surface area contributed by atoms with Gasteiger partial charge >= 0.3 is 0 Å². The molecule has 0 unspecified atom stereocenters. The van der Waals surface area contributed by atoms with Gasteiger partial charge in [-0.15, -0.1) is 0 Å². The average molecular weight is 384 g/mol. The van der Waals surface area contributed by atoms with Gasteiger partial charge in [0.2, 0.25) is 0 Å². The van der Waals surface area contributed by atoms with Gasteiger partial charge in [-0.05, 0) is 41.2 Å². The standard InChI is InChI=1S/C23H29FN2O2/c1-17(2)14-22(27)23(28)26-12-10-25(11-13-26)20-8-5-7-18(15-20)21-9-4-3-6-19(21)16-24/h3-9,15,17,22,27H,10-14,16H2,1-2H3/t22-/m1/s1. The van der Waals surface area contributed by atoms with E-state index in [1.807, 2.05) is 56.3 Å². The Balaban J connectivity index is 1.67. The molecular weight excluding hydrogens is 355 g/mol. The van der Waals surface area contributed by atoms with Crippen molar-refractivity contribution in [2.45, 2.75) is 33.0 Å². The van der Waals surface area contributed by atoms with Gasteiger partial charge in [-0.1, -0.05) is 50.2 Å². The van der Waals surface area contributed by atoms with Crippen LogP contribution in [-0.2, 0) is 11.5 Å². The van der Waals surface area contributed by atoms with Crippen molar-refractivity contribution >= 4 is 11.6 Å². The molecule has 0 spiro atoms. The summed E-state index contributed by atoms with van der Waals surface area (Å²) in [5, 5.41) is 10.1. The first-order valence-electron chi connectivity index (χ1n) is 9.95. The van der Waals surface area contributed by atoms with Crippen molar-refractivity contribution in [3.8, 4) is 11.1 Å². The van der Waals surface area contributed by atoms with E-state index in [0.29, 0.717) is 38.2 Å². The minimum absolute atomic E-state index is 0.168. The summed E-state index contributed by atoms with van der Waals surface area (Å²) >= 11 is 0. The maximum absolute atomic E-state index is 13.3. The van der Waals surface area contributed by atoms with Gasteiger partial charge in [-0.2, -0.15) is 0 Å². The molecule has 28 heavy (non-hydrogen) atoms. The molecule has 1 atom stereocenters. The third-order valence-corrected chi connectivity index (χ3v) is 5.25. The molecule has 0 aromatic heterocycles. The third kappa shape index (κ3) is 4.71. The van der Waals surface area contributed by atoms with Gasteiger partial charge in [0.1, 0.15) is 12.8 Å². The van der Waals surface area contributed by atoms with Crippen LogP contribution < -0.4 is 4.90 Å². The van der Waals surface area contributed by atoms with Crippen molar-refractivity contribution in [1.29, 1.82) is 0 Å². The van der Waals surface area contributed by atoms with Gasteiger partial charge in [-0.3, -0.25) is 4.79 Å². The van der Waals surface area contributed by atoms with Crippen LogP contribution in [0.5, 0.6) is 0 Å². The summed E-state index contributed by atoms with van der Waals surface area (Å²) in [5.74, 6) is 0.120. The van der Waals surface area contributed by atoms with Crippen molar-refractivity contribution in [3.05, 3.63) is 54.1 Å². The van der Waals surface area contributed by atoms with Crippen LogP contribution in [0.4, 0.5) is 10.1 Å². The molecule has 0 aliphatic carbocycles. The molecule has 1 amide bonds. The minimum atomic E-state index is -0.910. The Kier molecular flexibility index (Phi) is 6.68. The molecule has 3 rings (SSSR count). The Labute approximate surface area is 166 Å². The maximum atomic E-state index is 13.3. The number of carbonyl (C=O) groups is 1. The van der Waals surface area contributed by atoms with E-state index in [9.17, 15) is 14.3 Å². The maximum Gasteiger partial charge on any atom is 0.251 e. The van der Waals surface area contributed by atoms with E-state index in [-0.39, 0.29) is 11.8 Å². The molecule has 4 nitrogen and oxygen atoms in total. The van der Waals surface area contributed by atoms with Gasteiger partial charge in [-0.25, -0.2) is 4.39 Å². The monoisotopic (exact) mass is 384 g/mol. The number of aliphatic hydroxyl groups is 1. The van der Waals surface area contributed by atoms with Gasteiger partial charge < -0.3 is 14.9 Å². The Morgan fingerprint density at radius 1 is 1.07 bits per heavy atom. The molecule has 0 bridgehead atoms. The predicted molar refractivity (Wildman–Crippen MR) is 111 cm³/mol. The Bertz CT molecular complexity index is 801. The van der Waals surface area contributed by atoms with Crippen LogP contribution in [0, 0.1) is 5.92 Å². The Hall–Kier alpha value is -2.40. The fraction of sp³-hybridized carbons (Fsp3) is 0.435. The van der Waals surface area contributed by atoms with Crippen LogP contribution >= 0.6 is 0 Å². The van der Waals surface area contributed by atoms with Crippen molar-refractivity contribution in [2.75, 3.05) is 31.1 Å². The number of benzene rings is 2. The van der Waals surface area contributed by atoms with Gasteiger partial charge in [0.15, 0.2) is 0 Å². The lowest BCUT2D eigenvalue weighted by Crippen LogP contribution is -2.51. The number of alkyl halides is 1. The molecule has 1 N–H and O–H groups in total. The lowest BCUT2D eigenvalue weighted by atomic mass is 9.99. The van der Waals surface area contributed by atoms with Crippen LogP contribution in [0.1, 0.15) is 25.8 Å². The summed E-state index contributed by atoms with van der Waals surface area (Å²) in [4.78, 5) is 16.4. The molecule has 2 aromatic rings. The first kappa shape index (κ1) is 20.3. The number of aliphatic hydroxyl groups excluding tert-OH is 1. The van der Waals surface area contributed by atoms with E-state index in [0.717, 1.165) is 16.8 Å². The second kappa shape index (κ2) is 9.20. The molecule has 1 aliphatic rings. The van der Waals surface area contributed by atoms with E-state index in [4.69, 9.17) is 0 Å². The first-order chi connectivity index (χ1) is 13.5. The summed E-state index contributed by atoms with van der Waals surface area (Å²) in [6.45, 7) is 6.14. The fourth-order valence-electron chi connectivity index (χ4n) is 3.73. The topological polar surface area (TPSA) is 43.8 Å². The van der Waals surface area contributed by atoms with Gasteiger partial charge in [0, 0.05) is 31.9 Å². The summed E-state index contributed by atoms with van der Waals surface area (Å²) in [6, 6.07) is 15.7. The van der Waals surface area contributed by atoms with Crippen LogP contribution in [-0.4, -0.2) is 48.2 Å². The number of anilines is 1. The summed E-state index contributed by atoms with van der Waals surface area (Å²) < 4.78 is 13.3. The smallest absolute Gasteiger partial charge is 0.251 e. The minimum Gasteiger partial charge on any atom is -0.383 e. The van der Waals surface area contributed by atoms with E-state index in [1.54, 1.807) is 4.90 Å². The molecular formula is C23H29FN2O2. The molecule has 0 radical (unpaired) electrons. The number of nitrogens with zero attached hydrogens (tertiary/aromatic N) is 2. The van der Waals surface area contributed by atoms with Crippen molar-refractivity contribution in [2.24, 2.45) is 5.92 Å². The van der Waals surface area contributed by atoms with Crippen molar-refractivity contribution in [3.63, 3.8) is 0 Å². The average Bonchev–Trinajstić information content (AvgIpc) is 2.73. The highest BCUT2D eigenvalue weighted by atomic mass is 19.1. The molecule has 1 fully saturated rings. The third-order valence-electron chi connectivity index (χ3n) is 5.25. The number of hydrogen-bond donors (Lipinski definition) is 1. The molecule has 0 saturated carbocycles. The second-order valence-corrected chi connectivity index (χ2v) is 7.80. The van der Waals surface area contributed by atoms with Gasteiger partial charge in [0.25, 0.3) is 5.91 Å². The normalized spacial score (nSPS) is 15.8. The Morgan fingerprint density at radius 3 is 2.46 bits per heavy atom. The van der Waals surface area contributed by atoms with Crippen LogP contribution in [0.2, 0.25) is 0 Å². The zero-order valence-electron chi connectivity index (χ0n) is 16.6. The summed E-state index contributed by atoms with van der Waals surface area (Å²) in [5.41, 5.74) is 3.67. The SMILES string of the molecule is CC(C)C[C@@H](O)C(=O)N1CCN(c2cccc(-c3ccccc3CF)c2)CC1.